The number of halogens is 1. The minimum atomic E-state index is -0.209. The van der Waals surface area contributed by atoms with Crippen molar-refractivity contribution in [3.05, 3.63) is 90.3 Å². The van der Waals surface area contributed by atoms with Crippen LogP contribution in [0.4, 0.5) is 4.39 Å². The average molecular weight is 334 g/mol. The van der Waals surface area contributed by atoms with Gasteiger partial charge in [0.2, 0.25) is 0 Å². The maximum Gasteiger partial charge on any atom is 0.123 e. The lowest BCUT2D eigenvalue weighted by molar-refractivity contribution is 0.508. The molecule has 0 nitrogen and oxygen atoms in total. The second-order valence-electron chi connectivity index (χ2n) is 7.00. The summed E-state index contributed by atoms with van der Waals surface area (Å²) in [6, 6.07) is 14.9. The summed E-state index contributed by atoms with van der Waals surface area (Å²) in [5.74, 6) is -0.209. The van der Waals surface area contributed by atoms with E-state index in [-0.39, 0.29) is 11.2 Å². The SMILES string of the molecule is C=C[C@@](C)(/C=C/c1ccc(-c2cccc(F)c2)cc1)CCC=C(C)C. The highest BCUT2D eigenvalue weighted by atomic mass is 19.1. The molecular formula is C24H27F. The van der Waals surface area contributed by atoms with Crippen molar-refractivity contribution in [1.82, 2.24) is 0 Å². The van der Waals surface area contributed by atoms with E-state index in [4.69, 9.17) is 0 Å². The number of rotatable bonds is 7. The number of hydrogen-bond donors (Lipinski definition) is 0. The molecule has 0 aliphatic heterocycles. The van der Waals surface area contributed by atoms with E-state index < -0.39 is 0 Å². The van der Waals surface area contributed by atoms with Gasteiger partial charge in [0, 0.05) is 5.41 Å². The third kappa shape index (κ3) is 5.86. The summed E-state index contributed by atoms with van der Waals surface area (Å²) in [5, 5.41) is 0. The molecule has 0 N–H and O–H groups in total. The highest BCUT2D eigenvalue weighted by Gasteiger charge is 2.15. The molecule has 0 saturated carbocycles. The summed E-state index contributed by atoms with van der Waals surface area (Å²) in [6.07, 6.45) is 10.7. The summed E-state index contributed by atoms with van der Waals surface area (Å²) in [5.41, 5.74) is 4.38. The first-order valence-electron chi connectivity index (χ1n) is 8.74. The van der Waals surface area contributed by atoms with Crippen molar-refractivity contribution in [2.45, 2.75) is 33.6 Å². The molecule has 0 saturated heterocycles. The molecule has 0 fully saturated rings. The van der Waals surface area contributed by atoms with E-state index in [9.17, 15) is 4.39 Å². The van der Waals surface area contributed by atoms with Crippen LogP contribution < -0.4 is 0 Å². The van der Waals surface area contributed by atoms with E-state index in [0.29, 0.717) is 0 Å². The number of allylic oxidation sites excluding steroid dienone is 4. The number of hydrogen-bond acceptors (Lipinski definition) is 0. The monoisotopic (exact) mass is 334 g/mol. The molecule has 0 spiro atoms. The van der Waals surface area contributed by atoms with Gasteiger partial charge in [-0.25, -0.2) is 4.39 Å². The molecule has 2 rings (SSSR count). The molecule has 1 atom stereocenters. The quantitative estimate of drug-likeness (QED) is 0.461. The first-order valence-corrected chi connectivity index (χ1v) is 8.74. The lowest BCUT2D eigenvalue weighted by Gasteiger charge is -2.20. The molecule has 130 valence electrons. The predicted molar refractivity (Wildman–Crippen MR) is 108 cm³/mol. The van der Waals surface area contributed by atoms with Crippen LogP contribution in [0.2, 0.25) is 0 Å². The molecule has 0 unspecified atom stereocenters. The van der Waals surface area contributed by atoms with Gasteiger partial charge in [-0.05, 0) is 55.5 Å². The van der Waals surface area contributed by atoms with Crippen LogP contribution in [0.25, 0.3) is 17.2 Å². The van der Waals surface area contributed by atoms with Crippen LogP contribution in [-0.4, -0.2) is 0 Å². The molecule has 2 aromatic rings. The first kappa shape index (κ1) is 18.9. The van der Waals surface area contributed by atoms with E-state index >= 15 is 0 Å². The maximum absolute atomic E-state index is 13.4. The normalized spacial score (nSPS) is 13.4. The van der Waals surface area contributed by atoms with Crippen LogP contribution in [0, 0.1) is 11.2 Å². The van der Waals surface area contributed by atoms with E-state index in [1.807, 2.05) is 24.3 Å². The molecule has 0 bridgehead atoms. The van der Waals surface area contributed by atoms with E-state index in [1.165, 1.54) is 11.6 Å². The van der Waals surface area contributed by atoms with E-state index in [2.05, 4.69) is 57.7 Å². The fraction of sp³-hybridized carbons (Fsp3) is 0.250. The zero-order chi connectivity index (χ0) is 18.3. The summed E-state index contributed by atoms with van der Waals surface area (Å²) >= 11 is 0. The minimum Gasteiger partial charge on any atom is -0.207 e. The van der Waals surface area contributed by atoms with Gasteiger partial charge in [-0.3, -0.25) is 0 Å². The van der Waals surface area contributed by atoms with Crippen LogP contribution in [0.3, 0.4) is 0 Å². The fourth-order valence-corrected chi connectivity index (χ4v) is 2.67. The Morgan fingerprint density at radius 3 is 2.40 bits per heavy atom. The zero-order valence-corrected chi connectivity index (χ0v) is 15.4. The molecule has 1 heteroatoms. The van der Waals surface area contributed by atoms with Gasteiger partial charge in [0.1, 0.15) is 5.82 Å². The summed E-state index contributed by atoms with van der Waals surface area (Å²) in [4.78, 5) is 0. The second kappa shape index (κ2) is 8.62. The Kier molecular flexibility index (Phi) is 6.52. The molecular weight excluding hydrogens is 307 g/mol. The second-order valence-corrected chi connectivity index (χ2v) is 7.00. The van der Waals surface area contributed by atoms with Crippen molar-refractivity contribution in [2.75, 3.05) is 0 Å². The van der Waals surface area contributed by atoms with Gasteiger partial charge in [0.05, 0.1) is 0 Å². The van der Waals surface area contributed by atoms with Crippen LogP contribution in [0.15, 0.2) is 78.9 Å². The van der Waals surface area contributed by atoms with Crippen molar-refractivity contribution in [1.29, 1.82) is 0 Å². The third-order valence-electron chi connectivity index (χ3n) is 4.43. The van der Waals surface area contributed by atoms with Gasteiger partial charge in [0.15, 0.2) is 0 Å². The minimum absolute atomic E-state index is 0.0207. The average Bonchev–Trinajstić information content (AvgIpc) is 2.60. The van der Waals surface area contributed by atoms with Crippen molar-refractivity contribution >= 4 is 6.08 Å². The van der Waals surface area contributed by atoms with Crippen molar-refractivity contribution in [3.63, 3.8) is 0 Å². The zero-order valence-electron chi connectivity index (χ0n) is 15.4. The molecule has 0 radical (unpaired) electrons. The third-order valence-corrected chi connectivity index (χ3v) is 4.43. The Balaban J connectivity index is 2.10. The van der Waals surface area contributed by atoms with Crippen LogP contribution in [0.1, 0.15) is 39.2 Å². The predicted octanol–water partition coefficient (Wildman–Crippen LogP) is 7.44. The van der Waals surface area contributed by atoms with Gasteiger partial charge in [-0.15, -0.1) is 6.58 Å². The van der Waals surface area contributed by atoms with Crippen LogP contribution >= 0.6 is 0 Å². The van der Waals surface area contributed by atoms with Crippen molar-refractivity contribution < 1.29 is 4.39 Å². The fourth-order valence-electron chi connectivity index (χ4n) is 2.67. The van der Waals surface area contributed by atoms with Crippen molar-refractivity contribution in [3.8, 4) is 11.1 Å². The summed E-state index contributed by atoms with van der Waals surface area (Å²) in [7, 11) is 0. The Morgan fingerprint density at radius 2 is 1.80 bits per heavy atom. The summed E-state index contributed by atoms with van der Waals surface area (Å²) in [6.45, 7) is 10.5. The van der Waals surface area contributed by atoms with Crippen molar-refractivity contribution in [2.24, 2.45) is 5.41 Å². The van der Waals surface area contributed by atoms with Gasteiger partial charge in [-0.2, -0.15) is 0 Å². The molecule has 2 aromatic carbocycles. The Morgan fingerprint density at radius 1 is 1.08 bits per heavy atom. The first-order chi connectivity index (χ1) is 11.9. The van der Waals surface area contributed by atoms with Gasteiger partial charge in [0.25, 0.3) is 0 Å². The van der Waals surface area contributed by atoms with E-state index in [0.717, 1.165) is 29.5 Å². The largest absolute Gasteiger partial charge is 0.207 e. The lowest BCUT2D eigenvalue weighted by Crippen LogP contribution is -2.08. The van der Waals surface area contributed by atoms with Gasteiger partial charge >= 0.3 is 0 Å². The smallest absolute Gasteiger partial charge is 0.123 e. The van der Waals surface area contributed by atoms with E-state index in [1.54, 1.807) is 12.1 Å². The topological polar surface area (TPSA) is 0 Å². The van der Waals surface area contributed by atoms with Gasteiger partial charge in [-0.1, -0.05) is 73.2 Å². The molecule has 0 heterocycles. The number of benzene rings is 2. The molecule has 0 aliphatic rings. The molecule has 0 aromatic heterocycles. The molecule has 0 amide bonds. The Hall–Kier alpha value is -2.41. The highest BCUT2D eigenvalue weighted by molar-refractivity contribution is 5.65. The Bertz CT molecular complexity index is 761. The maximum atomic E-state index is 13.4. The lowest BCUT2D eigenvalue weighted by atomic mass is 9.84. The highest BCUT2D eigenvalue weighted by Crippen LogP contribution is 2.28. The van der Waals surface area contributed by atoms with Crippen LogP contribution in [-0.2, 0) is 0 Å². The summed E-state index contributed by atoms with van der Waals surface area (Å²) < 4.78 is 13.4. The van der Waals surface area contributed by atoms with Crippen LogP contribution in [0.5, 0.6) is 0 Å². The molecule has 0 aliphatic carbocycles. The molecule has 25 heavy (non-hydrogen) atoms. The Labute approximate surface area is 151 Å². The van der Waals surface area contributed by atoms with Gasteiger partial charge < -0.3 is 0 Å². The standard InChI is InChI=1S/C24H27F/c1-5-24(4,16-7-8-19(2)3)17-15-20-11-13-21(14-12-20)22-9-6-10-23(25)18-22/h5-6,8-15,17-18H,1,7,16H2,2-4H3/b17-15+/t24-/m1/s1.